The molecule has 150 valence electrons. The molecule has 6 nitrogen and oxygen atoms in total. The molecule has 1 heterocycles. The topological polar surface area (TPSA) is 75.7 Å². The van der Waals surface area contributed by atoms with Gasteiger partial charge in [0.05, 0.1) is 17.9 Å². The van der Waals surface area contributed by atoms with Gasteiger partial charge in [-0.25, -0.2) is 8.42 Å². The minimum absolute atomic E-state index is 0.00313. The lowest BCUT2D eigenvalue weighted by molar-refractivity contribution is -0.127. The Hall–Kier alpha value is -1.60. The molecule has 0 spiro atoms. The third-order valence-electron chi connectivity index (χ3n) is 5.89. The van der Waals surface area contributed by atoms with Crippen molar-refractivity contribution in [1.82, 2.24) is 9.62 Å². The summed E-state index contributed by atoms with van der Waals surface area (Å²) < 4.78 is 32.4. The standard InChI is InChI=1S/C20H30N2O4S/c1-15-6-3-4-8-19(15)21-20(23)16-7-5-13-22(14-16)27(24,25)18-11-9-17(26-2)10-12-18/h9-12,15-16,19H,3-8,13-14H2,1-2H3,(H,21,23)/t15-,16-,19-/m1/s1. The Morgan fingerprint density at radius 3 is 2.48 bits per heavy atom. The molecule has 1 aliphatic heterocycles. The molecule has 3 rings (SSSR count). The number of hydrogen-bond acceptors (Lipinski definition) is 4. The van der Waals surface area contributed by atoms with Crippen molar-refractivity contribution in [3.63, 3.8) is 0 Å². The number of hydrogen-bond donors (Lipinski definition) is 1. The van der Waals surface area contributed by atoms with E-state index in [4.69, 9.17) is 4.74 Å². The number of benzene rings is 1. The van der Waals surface area contributed by atoms with Gasteiger partial charge in [0, 0.05) is 19.1 Å². The molecule has 0 bridgehead atoms. The number of sulfonamides is 1. The van der Waals surface area contributed by atoms with E-state index in [0.29, 0.717) is 24.6 Å². The van der Waals surface area contributed by atoms with E-state index in [-0.39, 0.29) is 29.3 Å². The highest BCUT2D eigenvalue weighted by Crippen LogP contribution is 2.27. The number of carbonyl (C=O) groups excluding carboxylic acids is 1. The Bertz CT molecular complexity index is 748. The number of nitrogens with one attached hydrogen (secondary N) is 1. The van der Waals surface area contributed by atoms with Gasteiger partial charge >= 0.3 is 0 Å². The molecule has 3 atom stereocenters. The summed E-state index contributed by atoms with van der Waals surface area (Å²) >= 11 is 0. The van der Waals surface area contributed by atoms with Crippen molar-refractivity contribution >= 4 is 15.9 Å². The maximum Gasteiger partial charge on any atom is 0.243 e. The highest BCUT2D eigenvalue weighted by molar-refractivity contribution is 7.89. The number of amides is 1. The van der Waals surface area contributed by atoms with Crippen LogP contribution in [-0.4, -0.2) is 44.9 Å². The van der Waals surface area contributed by atoms with E-state index in [1.54, 1.807) is 31.4 Å². The number of piperidine rings is 1. The van der Waals surface area contributed by atoms with Crippen molar-refractivity contribution in [3.8, 4) is 5.75 Å². The fourth-order valence-electron chi connectivity index (χ4n) is 4.10. The summed E-state index contributed by atoms with van der Waals surface area (Å²) in [5.41, 5.74) is 0. The molecular weight excluding hydrogens is 364 g/mol. The normalized spacial score (nSPS) is 27.1. The summed E-state index contributed by atoms with van der Waals surface area (Å²) in [6.07, 6.45) is 5.99. The first kappa shape index (κ1) is 20.1. The van der Waals surface area contributed by atoms with Crippen molar-refractivity contribution in [2.75, 3.05) is 20.2 Å². The van der Waals surface area contributed by atoms with Gasteiger partial charge in [-0.2, -0.15) is 4.31 Å². The van der Waals surface area contributed by atoms with Crippen LogP contribution in [0.15, 0.2) is 29.2 Å². The predicted molar refractivity (Wildman–Crippen MR) is 104 cm³/mol. The van der Waals surface area contributed by atoms with E-state index < -0.39 is 10.0 Å². The first-order valence-electron chi connectivity index (χ1n) is 9.86. The summed E-state index contributed by atoms with van der Waals surface area (Å²) in [4.78, 5) is 13.0. The molecule has 27 heavy (non-hydrogen) atoms. The van der Waals surface area contributed by atoms with Crippen LogP contribution in [0.2, 0.25) is 0 Å². The molecule has 1 aliphatic carbocycles. The SMILES string of the molecule is COc1ccc(S(=O)(=O)N2CCC[C@@H](C(=O)N[C@@H]3CCCC[C@H]3C)C2)cc1. The quantitative estimate of drug-likeness (QED) is 0.833. The number of rotatable bonds is 5. The van der Waals surface area contributed by atoms with Gasteiger partial charge in [-0.15, -0.1) is 0 Å². The van der Waals surface area contributed by atoms with Crippen LogP contribution in [0.3, 0.4) is 0 Å². The first-order valence-corrected chi connectivity index (χ1v) is 11.3. The Balaban J connectivity index is 1.66. The Morgan fingerprint density at radius 2 is 1.81 bits per heavy atom. The molecular formula is C20H30N2O4S. The van der Waals surface area contributed by atoms with Crippen LogP contribution < -0.4 is 10.1 Å². The van der Waals surface area contributed by atoms with Crippen molar-refractivity contribution in [3.05, 3.63) is 24.3 Å². The lowest BCUT2D eigenvalue weighted by Gasteiger charge is -2.34. The van der Waals surface area contributed by atoms with Gasteiger partial charge in [0.15, 0.2) is 0 Å². The van der Waals surface area contributed by atoms with Gasteiger partial charge in [0.25, 0.3) is 0 Å². The molecule has 1 amide bonds. The second kappa shape index (κ2) is 8.61. The van der Waals surface area contributed by atoms with Crippen LogP contribution in [0.25, 0.3) is 0 Å². The third kappa shape index (κ3) is 4.63. The van der Waals surface area contributed by atoms with Crippen LogP contribution >= 0.6 is 0 Å². The van der Waals surface area contributed by atoms with Crippen LogP contribution in [0.4, 0.5) is 0 Å². The number of nitrogens with zero attached hydrogens (tertiary/aromatic N) is 1. The fraction of sp³-hybridized carbons (Fsp3) is 0.650. The third-order valence-corrected chi connectivity index (χ3v) is 7.77. The lowest BCUT2D eigenvalue weighted by Crippen LogP contribution is -2.49. The first-order chi connectivity index (χ1) is 12.9. The van der Waals surface area contributed by atoms with Crippen LogP contribution in [-0.2, 0) is 14.8 Å². The molecule has 1 saturated heterocycles. The molecule has 7 heteroatoms. The molecule has 1 aromatic rings. The molecule has 0 radical (unpaired) electrons. The van der Waals surface area contributed by atoms with Gasteiger partial charge in [-0.1, -0.05) is 19.8 Å². The number of carbonyl (C=O) groups is 1. The van der Waals surface area contributed by atoms with E-state index in [1.165, 1.54) is 10.7 Å². The summed E-state index contributed by atoms with van der Waals surface area (Å²) in [5, 5.41) is 3.19. The zero-order valence-electron chi connectivity index (χ0n) is 16.2. The highest BCUT2D eigenvalue weighted by Gasteiger charge is 2.34. The van der Waals surface area contributed by atoms with Gasteiger partial charge in [-0.05, 0) is 55.9 Å². The molecule has 0 unspecified atom stereocenters. The fourth-order valence-corrected chi connectivity index (χ4v) is 5.63. The summed E-state index contributed by atoms with van der Waals surface area (Å²) in [6, 6.07) is 6.62. The molecule has 1 N–H and O–H groups in total. The maximum absolute atomic E-state index is 13.0. The van der Waals surface area contributed by atoms with Crippen molar-refractivity contribution in [1.29, 1.82) is 0 Å². The summed E-state index contributed by atoms with van der Waals surface area (Å²) in [6.45, 7) is 2.89. The second-order valence-corrected chi connectivity index (χ2v) is 9.69. The minimum atomic E-state index is -3.60. The monoisotopic (exact) mass is 394 g/mol. The largest absolute Gasteiger partial charge is 0.497 e. The zero-order chi connectivity index (χ0) is 19.4. The Morgan fingerprint density at radius 1 is 1.11 bits per heavy atom. The molecule has 1 saturated carbocycles. The second-order valence-electron chi connectivity index (χ2n) is 7.75. The van der Waals surface area contributed by atoms with E-state index in [9.17, 15) is 13.2 Å². The number of ether oxygens (including phenoxy) is 1. The van der Waals surface area contributed by atoms with E-state index in [1.807, 2.05) is 0 Å². The Kier molecular flexibility index (Phi) is 6.42. The van der Waals surface area contributed by atoms with Crippen LogP contribution in [0.1, 0.15) is 45.4 Å². The average Bonchev–Trinajstić information content (AvgIpc) is 2.70. The van der Waals surface area contributed by atoms with Gasteiger partial charge < -0.3 is 10.1 Å². The van der Waals surface area contributed by atoms with E-state index in [0.717, 1.165) is 25.7 Å². The molecule has 0 aromatic heterocycles. The molecule has 2 aliphatic rings. The predicted octanol–water partition coefficient (Wildman–Crippen LogP) is 2.79. The van der Waals surface area contributed by atoms with Crippen molar-refractivity contribution < 1.29 is 17.9 Å². The smallest absolute Gasteiger partial charge is 0.243 e. The van der Waals surface area contributed by atoms with Gasteiger partial charge in [0.1, 0.15) is 5.75 Å². The highest BCUT2D eigenvalue weighted by atomic mass is 32.2. The minimum Gasteiger partial charge on any atom is -0.497 e. The number of methoxy groups -OCH3 is 1. The van der Waals surface area contributed by atoms with Crippen LogP contribution in [0.5, 0.6) is 5.75 Å². The molecule has 2 fully saturated rings. The molecule has 1 aromatic carbocycles. The van der Waals surface area contributed by atoms with Gasteiger partial charge in [0.2, 0.25) is 15.9 Å². The summed E-state index contributed by atoms with van der Waals surface area (Å²) in [7, 11) is -2.05. The van der Waals surface area contributed by atoms with Crippen LogP contribution in [0, 0.1) is 11.8 Å². The lowest BCUT2D eigenvalue weighted by atomic mass is 9.85. The summed E-state index contributed by atoms with van der Waals surface area (Å²) in [5.74, 6) is 0.834. The van der Waals surface area contributed by atoms with Crippen molar-refractivity contribution in [2.24, 2.45) is 11.8 Å². The van der Waals surface area contributed by atoms with E-state index in [2.05, 4.69) is 12.2 Å². The van der Waals surface area contributed by atoms with Gasteiger partial charge in [-0.3, -0.25) is 4.79 Å². The average molecular weight is 395 g/mol. The maximum atomic E-state index is 13.0. The zero-order valence-corrected chi connectivity index (χ0v) is 17.0. The Labute approximate surface area is 162 Å². The van der Waals surface area contributed by atoms with Crippen molar-refractivity contribution in [2.45, 2.75) is 56.4 Å². The van der Waals surface area contributed by atoms with E-state index >= 15 is 0 Å².